The second-order valence-corrected chi connectivity index (χ2v) is 3.25. The van der Waals surface area contributed by atoms with Gasteiger partial charge < -0.3 is 0 Å². The van der Waals surface area contributed by atoms with Crippen LogP contribution in [-0.2, 0) is 0 Å². The van der Waals surface area contributed by atoms with E-state index in [1.165, 1.54) is 10.9 Å². The Hall–Kier alpha value is -1.50. The standard InChI is InChI=1S/C14H16B.C2H6/c1-3-5-10-13(9-4-2)15-14-11-7-6-8-12-14;1-2/h3-12H,1-2H3;1-2H3/b5-3-,9-4-,13-10+;. The Labute approximate surface area is 107 Å². The van der Waals surface area contributed by atoms with Crippen LogP contribution < -0.4 is 5.46 Å². The van der Waals surface area contributed by atoms with Crippen LogP contribution in [0.2, 0.25) is 0 Å². The lowest BCUT2D eigenvalue weighted by Crippen LogP contribution is -2.14. The number of allylic oxidation sites excluding steroid dienone is 6. The summed E-state index contributed by atoms with van der Waals surface area (Å²) < 4.78 is 0. The van der Waals surface area contributed by atoms with Gasteiger partial charge in [-0.15, -0.1) is 0 Å². The largest absolute Gasteiger partial charge is 0.191 e. The first-order valence-corrected chi connectivity index (χ1v) is 6.22. The van der Waals surface area contributed by atoms with E-state index in [2.05, 4.69) is 55.8 Å². The zero-order valence-electron chi connectivity index (χ0n) is 11.4. The van der Waals surface area contributed by atoms with Gasteiger partial charge in [-0.2, -0.15) is 0 Å². The summed E-state index contributed by atoms with van der Waals surface area (Å²) in [7, 11) is 2.17. The molecule has 0 saturated carbocycles. The summed E-state index contributed by atoms with van der Waals surface area (Å²) in [6.07, 6.45) is 10.3. The maximum atomic E-state index is 2.17. The number of benzene rings is 1. The molecule has 0 unspecified atom stereocenters. The van der Waals surface area contributed by atoms with Crippen molar-refractivity contribution in [1.29, 1.82) is 0 Å². The normalized spacial score (nSPS) is 11.4. The first-order valence-electron chi connectivity index (χ1n) is 6.22. The fraction of sp³-hybridized carbons (Fsp3) is 0.250. The van der Waals surface area contributed by atoms with Gasteiger partial charge in [-0.3, -0.25) is 0 Å². The Balaban J connectivity index is 0.00000121. The maximum absolute atomic E-state index is 2.17. The third kappa shape index (κ3) is 7.40. The quantitative estimate of drug-likeness (QED) is 0.535. The van der Waals surface area contributed by atoms with Crippen LogP contribution >= 0.6 is 0 Å². The lowest BCUT2D eigenvalue weighted by atomic mass is 9.63. The van der Waals surface area contributed by atoms with Gasteiger partial charge in [0.05, 0.1) is 0 Å². The van der Waals surface area contributed by atoms with Gasteiger partial charge in [-0.25, -0.2) is 0 Å². The topological polar surface area (TPSA) is 0 Å². The fourth-order valence-corrected chi connectivity index (χ4v) is 1.29. The average Bonchev–Trinajstić information content (AvgIpc) is 2.40. The van der Waals surface area contributed by atoms with Crippen molar-refractivity contribution >= 4 is 12.7 Å². The monoisotopic (exact) mass is 225 g/mol. The molecule has 0 atom stereocenters. The average molecular weight is 225 g/mol. The zero-order chi connectivity index (χ0) is 12.9. The molecule has 1 rings (SSSR count). The third-order valence-corrected chi connectivity index (χ3v) is 1.97. The van der Waals surface area contributed by atoms with Gasteiger partial charge in [-0.1, -0.05) is 85.5 Å². The van der Waals surface area contributed by atoms with Crippen molar-refractivity contribution in [2.45, 2.75) is 27.7 Å². The van der Waals surface area contributed by atoms with E-state index < -0.39 is 0 Å². The highest BCUT2D eigenvalue weighted by atomic mass is 13.8. The van der Waals surface area contributed by atoms with E-state index >= 15 is 0 Å². The molecule has 0 N–H and O–H groups in total. The van der Waals surface area contributed by atoms with Crippen molar-refractivity contribution in [2.24, 2.45) is 0 Å². The second kappa shape index (κ2) is 11.0. The first kappa shape index (κ1) is 15.5. The van der Waals surface area contributed by atoms with Crippen molar-refractivity contribution in [1.82, 2.24) is 0 Å². The Morgan fingerprint density at radius 3 is 2.18 bits per heavy atom. The first-order chi connectivity index (χ1) is 8.36. The summed E-state index contributed by atoms with van der Waals surface area (Å²) in [6.45, 7) is 8.05. The van der Waals surface area contributed by atoms with Crippen LogP contribution in [0.1, 0.15) is 27.7 Å². The van der Waals surface area contributed by atoms with Gasteiger partial charge >= 0.3 is 0 Å². The fourth-order valence-electron chi connectivity index (χ4n) is 1.29. The minimum absolute atomic E-state index is 1.21. The number of hydrogen-bond donors (Lipinski definition) is 0. The molecule has 1 aromatic rings. The molecule has 1 aromatic carbocycles. The molecule has 0 amide bonds. The van der Waals surface area contributed by atoms with Gasteiger partial charge in [0.15, 0.2) is 7.28 Å². The lowest BCUT2D eigenvalue weighted by molar-refractivity contribution is 1.50. The van der Waals surface area contributed by atoms with Crippen LogP contribution in [-0.4, -0.2) is 7.28 Å². The summed E-state index contributed by atoms with van der Waals surface area (Å²) in [5.41, 5.74) is 2.44. The molecule has 0 aliphatic carbocycles. The highest BCUT2D eigenvalue weighted by molar-refractivity contribution is 6.61. The molecule has 0 aromatic heterocycles. The minimum atomic E-state index is 1.21. The van der Waals surface area contributed by atoms with E-state index in [0.717, 1.165) is 0 Å². The Morgan fingerprint density at radius 2 is 1.65 bits per heavy atom. The van der Waals surface area contributed by atoms with Crippen LogP contribution in [0.25, 0.3) is 0 Å². The summed E-state index contributed by atoms with van der Waals surface area (Å²) >= 11 is 0. The molecular weight excluding hydrogens is 203 g/mol. The molecule has 0 bridgehead atoms. The Bertz CT molecular complexity index is 358. The molecule has 0 spiro atoms. The highest BCUT2D eigenvalue weighted by Crippen LogP contribution is 1.96. The van der Waals surface area contributed by atoms with Gasteiger partial charge in [0, 0.05) is 0 Å². The van der Waals surface area contributed by atoms with E-state index in [4.69, 9.17) is 0 Å². The molecule has 0 nitrogen and oxygen atoms in total. The molecule has 0 saturated heterocycles. The maximum Gasteiger partial charge on any atom is 0.191 e. The molecule has 89 valence electrons. The number of hydrogen-bond acceptors (Lipinski definition) is 0. The molecule has 1 radical (unpaired) electrons. The Kier molecular flexibility index (Phi) is 10.0. The highest BCUT2D eigenvalue weighted by Gasteiger charge is 1.96. The molecule has 17 heavy (non-hydrogen) atoms. The second-order valence-electron chi connectivity index (χ2n) is 3.25. The summed E-state index contributed by atoms with van der Waals surface area (Å²) in [4.78, 5) is 0. The Morgan fingerprint density at radius 1 is 1.00 bits per heavy atom. The molecular formula is C16H22B. The lowest BCUT2D eigenvalue weighted by Gasteiger charge is -1.99. The van der Waals surface area contributed by atoms with Crippen LogP contribution in [0.15, 0.2) is 66.2 Å². The van der Waals surface area contributed by atoms with Gasteiger partial charge in [-0.05, 0) is 13.8 Å². The summed E-state index contributed by atoms with van der Waals surface area (Å²) in [6, 6.07) is 10.3. The van der Waals surface area contributed by atoms with Crippen molar-refractivity contribution in [3.8, 4) is 0 Å². The van der Waals surface area contributed by atoms with Crippen molar-refractivity contribution in [2.75, 3.05) is 0 Å². The van der Waals surface area contributed by atoms with Crippen molar-refractivity contribution in [3.63, 3.8) is 0 Å². The third-order valence-electron chi connectivity index (χ3n) is 1.97. The van der Waals surface area contributed by atoms with Gasteiger partial charge in [0.1, 0.15) is 0 Å². The predicted molar refractivity (Wildman–Crippen MR) is 80.9 cm³/mol. The molecule has 1 heteroatoms. The van der Waals surface area contributed by atoms with Crippen molar-refractivity contribution in [3.05, 3.63) is 66.2 Å². The smallest absolute Gasteiger partial charge is 0.0882 e. The summed E-state index contributed by atoms with van der Waals surface area (Å²) in [5.74, 6) is 0. The SMILES string of the molecule is CC.C\C=C/C=C([B]c1ccccc1)\C=C/C. The van der Waals surface area contributed by atoms with E-state index in [1.807, 2.05) is 39.8 Å². The zero-order valence-corrected chi connectivity index (χ0v) is 11.4. The predicted octanol–water partition coefficient (Wildman–Crippen LogP) is 4.08. The molecule has 0 fully saturated rings. The minimum Gasteiger partial charge on any atom is -0.0882 e. The number of rotatable bonds is 4. The van der Waals surface area contributed by atoms with Crippen LogP contribution in [0.5, 0.6) is 0 Å². The van der Waals surface area contributed by atoms with Gasteiger partial charge in [0.2, 0.25) is 0 Å². The van der Waals surface area contributed by atoms with E-state index in [1.54, 1.807) is 0 Å². The van der Waals surface area contributed by atoms with E-state index in [-0.39, 0.29) is 0 Å². The molecule has 0 aliphatic rings. The molecule has 0 heterocycles. The van der Waals surface area contributed by atoms with E-state index in [0.29, 0.717) is 0 Å². The summed E-state index contributed by atoms with van der Waals surface area (Å²) in [5, 5.41) is 0. The van der Waals surface area contributed by atoms with Gasteiger partial charge in [0.25, 0.3) is 0 Å². The van der Waals surface area contributed by atoms with Crippen molar-refractivity contribution < 1.29 is 0 Å². The van der Waals surface area contributed by atoms with Crippen LogP contribution in [0.4, 0.5) is 0 Å². The van der Waals surface area contributed by atoms with Crippen LogP contribution in [0.3, 0.4) is 0 Å². The molecule has 0 aliphatic heterocycles. The van der Waals surface area contributed by atoms with E-state index in [9.17, 15) is 0 Å². The van der Waals surface area contributed by atoms with Crippen LogP contribution in [0, 0.1) is 0 Å².